The first-order valence-electron chi connectivity index (χ1n) is 13.0. The average Bonchev–Trinajstić information content (AvgIpc) is 2.97. The normalized spacial score (nSPS) is 13.5. The summed E-state index contributed by atoms with van der Waals surface area (Å²) in [6.07, 6.45) is 25.6. The predicted octanol–water partition coefficient (Wildman–Crippen LogP) is 8.51. The summed E-state index contributed by atoms with van der Waals surface area (Å²) in [5.74, 6) is 0.537. The van der Waals surface area contributed by atoms with E-state index >= 15 is 0 Å². The van der Waals surface area contributed by atoms with Gasteiger partial charge in [-0.1, -0.05) is 115 Å². The molecule has 0 aromatic carbocycles. The van der Waals surface area contributed by atoms with Crippen molar-refractivity contribution in [1.29, 1.82) is 0 Å². The zero-order valence-electron chi connectivity index (χ0n) is 19.9. The number of unbranched alkanes of at least 4 members (excludes halogenated alkanes) is 15. The third-order valence-corrected chi connectivity index (χ3v) is 6.74. The first-order chi connectivity index (χ1) is 14.6. The monoisotopic (exact) mass is 417 g/mol. The van der Waals surface area contributed by atoms with Crippen LogP contribution in [0.2, 0.25) is 0 Å². The Morgan fingerprint density at radius 3 is 1.63 bits per heavy atom. The molecule has 3 heteroatoms. The van der Waals surface area contributed by atoms with E-state index in [-0.39, 0.29) is 11.8 Å². The molecular weight excluding hydrogens is 370 g/mol. The van der Waals surface area contributed by atoms with Crippen LogP contribution >= 0.6 is 0 Å². The van der Waals surface area contributed by atoms with Gasteiger partial charge in [0.1, 0.15) is 0 Å². The summed E-state index contributed by atoms with van der Waals surface area (Å²) >= 11 is 0. The van der Waals surface area contributed by atoms with Crippen LogP contribution in [0.3, 0.4) is 0 Å². The van der Waals surface area contributed by atoms with Crippen molar-refractivity contribution in [3.05, 3.63) is 16.7 Å². The maximum absolute atomic E-state index is 10.5. The molecule has 0 saturated heterocycles. The molecule has 2 rings (SSSR count). The van der Waals surface area contributed by atoms with Crippen molar-refractivity contribution in [3.8, 4) is 11.8 Å². The summed E-state index contributed by atoms with van der Waals surface area (Å²) in [6, 6.07) is 0. The first kappa shape index (κ1) is 24.9. The van der Waals surface area contributed by atoms with E-state index in [1.54, 1.807) is 4.57 Å². The molecule has 0 aliphatic heterocycles. The summed E-state index contributed by atoms with van der Waals surface area (Å²) in [5, 5.41) is 20.9. The molecule has 0 amide bonds. The number of rotatable bonds is 17. The number of allylic oxidation sites excluding steroid dienone is 1. The highest BCUT2D eigenvalue weighted by atomic mass is 16.3. The van der Waals surface area contributed by atoms with E-state index in [1.165, 1.54) is 102 Å². The molecular formula is C27H47NO2. The molecule has 0 unspecified atom stereocenters. The number of fused-ring (bicyclic) bond motifs is 1. The predicted molar refractivity (Wildman–Crippen MR) is 129 cm³/mol. The van der Waals surface area contributed by atoms with Gasteiger partial charge in [-0.2, -0.15) is 0 Å². The van der Waals surface area contributed by atoms with Crippen LogP contribution in [0.25, 0.3) is 6.08 Å². The van der Waals surface area contributed by atoms with E-state index in [9.17, 15) is 10.2 Å². The van der Waals surface area contributed by atoms with Crippen molar-refractivity contribution < 1.29 is 10.2 Å². The van der Waals surface area contributed by atoms with E-state index < -0.39 is 0 Å². The van der Waals surface area contributed by atoms with Crippen molar-refractivity contribution >= 4 is 6.08 Å². The van der Waals surface area contributed by atoms with Gasteiger partial charge in [-0.25, -0.2) is 0 Å². The van der Waals surface area contributed by atoms with Gasteiger partial charge in [0.25, 0.3) is 0 Å². The van der Waals surface area contributed by atoms with E-state index in [2.05, 4.69) is 13.8 Å². The summed E-state index contributed by atoms with van der Waals surface area (Å²) in [4.78, 5) is 0. The van der Waals surface area contributed by atoms with Crippen molar-refractivity contribution in [2.45, 2.75) is 136 Å². The lowest BCUT2D eigenvalue weighted by Crippen LogP contribution is -1.97. The van der Waals surface area contributed by atoms with Gasteiger partial charge in [-0.3, -0.25) is 4.57 Å². The SMILES string of the molecule is CCCCCCCCCCCCCCCCCCn1c(O)c2c(c1O)CCC(C)=C2. The minimum atomic E-state index is 0.252. The molecule has 2 N–H and O–H groups in total. The lowest BCUT2D eigenvalue weighted by atomic mass is 9.96. The van der Waals surface area contributed by atoms with Crippen LogP contribution in [0.15, 0.2) is 5.57 Å². The lowest BCUT2D eigenvalue weighted by Gasteiger charge is -2.08. The van der Waals surface area contributed by atoms with Gasteiger partial charge < -0.3 is 10.2 Å². The fraction of sp³-hybridized carbons (Fsp3) is 0.778. The Labute approximate surface area is 185 Å². The molecule has 0 spiro atoms. The fourth-order valence-electron chi connectivity index (χ4n) is 4.73. The number of aromatic nitrogens is 1. The zero-order valence-corrected chi connectivity index (χ0v) is 19.9. The molecule has 1 aliphatic carbocycles. The van der Waals surface area contributed by atoms with E-state index in [0.717, 1.165) is 36.9 Å². The Morgan fingerprint density at radius 1 is 0.667 bits per heavy atom. The number of aromatic hydroxyl groups is 2. The zero-order chi connectivity index (χ0) is 21.6. The van der Waals surface area contributed by atoms with Crippen LogP contribution in [0.4, 0.5) is 0 Å². The van der Waals surface area contributed by atoms with Gasteiger partial charge in [-0.15, -0.1) is 0 Å². The van der Waals surface area contributed by atoms with Crippen LogP contribution in [0.1, 0.15) is 134 Å². The van der Waals surface area contributed by atoms with Crippen LogP contribution < -0.4 is 0 Å². The highest BCUT2D eigenvalue weighted by molar-refractivity contribution is 5.67. The van der Waals surface area contributed by atoms with Gasteiger partial charge in [0, 0.05) is 17.7 Å². The number of hydrogen-bond acceptors (Lipinski definition) is 2. The molecule has 3 nitrogen and oxygen atoms in total. The third-order valence-electron chi connectivity index (χ3n) is 6.74. The Bertz CT molecular complexity index is 629. The second-order valence-corrected chi connectivity index (χ2v) is 9.49. The molecule has 0 bridgehead atoms. The molecule has 0 saturated carbocycles. The van der Waals surface area contributed by atoms with Crippen molar-refractivity contribution in [2.75, 3.05) is 0 Å². The van der Waals surface area contributed by atoms with Crippen LogP contribution in [0.5, 0.6) is 11.8 Å². The molecule has 0 fully saturated rings. The van der Waals surface area contributed by atoms with Gasteiger partial charge in [-0.05, 0) is 26.2 Å². The van der Waals surface area contributed by atoms with Gasteiger partial charge >= 0.3 is 0 Å². The highest BCUT2D eigenvalue weighted by Crippen LogP contribution is 2.39. The second kappa shape index (κ2) is 14.6. The average molecular weight is 418 g/mol. The van der Waals surface area contributed by atoms with E-state index in [0.29, 0.717) is 0 Å². The first-order valence-corrected chi connectivity index (χ1v) is 13.0. The topological polar surface area (TPSA) is 45.4 Å². The highest BCUT2D eigenvalue weighted by Gasteiger charge is 2.23. The summed E-state index contributed by atoms with van der Waals surface area (Å²) in [6.45, 7) is 5.09. The minimum Gasteiger partial charge on any atom is -0.494 e. The van der Waals surface area contributed by atoms with Crippen molar-refractivity contribution in [3.63, 3.8) is 0 Å². The van der Waals surface area contributed by atoms with Crippen LogP contribution in [0, 0.1) is 0 Å². The molecule has 0 atom stereocenters. The Hall–Kier alpha value is -1.38. The summed E-state index contributed by atoms with van der Waals surface area (Å²) in [5.41, 5.74) is 3.04. The molecule has 30 heavy (non-hydrogen) atoms. The largest absolute Gasteiger partial charge is 0.494 e. The quantitative estimate of drug-likeness (QED) is 0.249. The van der Waals surface area contributed by atoms with Crippen molar-refractivity contribution in [1.82, 2.24) is 4.57 Å². The fourth-order valence-corrected chi connectivity index (χ4v) is 4.73. The lowest BCUT2D eigenvalue weighted by molar-refractivity contribution is 0.359. The Balaban J connectivity index is 1.43. The molecule has 172 valence electrons. The second-order valence-electron chi connectivity index (χ2n) is 9.49. The molecule has 0 radical (unpaired) electrons. The van der Waals surface area contributed by atoms with Gasteiger partial charge in [0.2, 0.25) is 5.88 Å². The van der Waals surface area contributed by atoms with Gasteiger partial charge in [0.05, 0.1) is 0 Å². The standard InChI is InChI=1S/C27H47NO2/c1-3-4-5-6-7-8-9-10-11-12-13-14-15-16-17-18-21-28-26(29)24-20-19-23(2)22-25(24)27(28)30/h22,29-30H,3-21H2,1-2H3. The minimum absolute atomic E-state index is 0.252. The maximum Gasteiger partial charge on any atom is 0.201 e. The number of nitrogens with zero attached hydrogens (tertiary/aromatic N) is 1. The van der Waals surface area contributed by atoms with Gasteiger partial charge in [0.15, 0.2) is 5.88 Å². The summed E-state index contributed by atoms with van der Waals surface area (Å²) < 4.78 is 1.71. The summed E-state index contributed by atoms with van der Waals surface area (Å²) in [7, 11) is 0. The van der Waals surface area contributed by atoms with Crippen LogP contribution in [-0.2, 0) is 13.0 Å². The van der Waals surface area contributed by atoms with E-state index in [1.807, 2.05) is 6.08 Å². The Kier molecular flexibility index (Phi) is 12.1. The third kappa shape index (κ3) is 8.40. The molecule has 1 aromatic rings. The van der Waals surface area contributed by atoms with E-state index in [4.69, 9.17) is 0 Å². The smallest absolute Gasteiger partial charge is 0.201 e. The van der Waals surface area contributed by atoms with Crippen molar-refractivity contribution in [2.24, 2.45) is 0 Å². The molecule has 1 aromatic heterocycles. The Morgan fingerprint density at radius 2 is 1.13 bits per heavy atom. The molecule has 1 aliphatic rings. The maximum atomic E-state index is 10.5. The number of hydrogen-bond donors (Lipinski definition) is 2. The van der Waals surface area contributed by atoms with Crippen LogP contribution in [-0.4, -0.2) is 14.8 Å². The molecule has 1 heterocycles.